The van der Waals surface area contributed by atoms with Crippen molar-refractivity contribution in [2.45, 2.75) is 19.4 Å². The molecule has 0 spiro atoms. The van der Waals surface area contributed by atoms with Gasteiger partial charge in [-0.25, -0.2) is 4.79 Å². The Bertz CT molecular complexity index is 657. The number of likely N-dealkylation sites (tertiary alicyclic amines) is 1. The number of rotatable bonds is 2. The van der Waals surface area contributed by atoms with Gasteiger partial charge in [-0.2, -0.15) is 0 Å². The summed E-state index contributed by atoms with van der Waals surface area (Å²) in [5.41, 5.74) is 3.09. The molecular weight excluding hydrogens is 254 g/mol. The molecule has 0 bridgehead atoms. The van der Waals surface area contributed by atoms with Crippen molar-refractivity contribution < 1.29 is 9.90 Å². The second-order valence-electron chi connectivity index (χ2n) is 5.24. The van der Waals surface area contributed by atoms with E-state index in [-0.39, 0.29) is 6.04 Å². The highest BCUT2D eigenvalue weighted by Crippen LogP contribution is 2.25. The smallest absolute Gasteiger partial charge is 0.407 e. The van der Waals surface area contributed by atoms with Crippen LogP contribution in [0.1, 0.15) is 12.0 Å². The molecule has 1 aliphatic heterocycles. The van der Waals surface area contributed by atoms with Gasteiger partial charge in [0.05, 0.1) is 5.52 Å². The lowest BCUT2D eigenvalue weighted by Crippen LogP contribution is -2.30. The first-order valence-electron chi connectivity index (χ1n) is 6.73. The Morgan fingerprint density at radius 1 is 1.50 bits per heavy atom. The predicted molar refractivity (Wildman–Crippen MR) is 78.1 cm³/mol. The lowest BCUT2D eigenvalue weighted by molar-refractivity contribution is 0.155. The second-order valence-corrected chi connectivity index (χ2v) is 5.24. The van der Waals surface area contributed by atoms with Crippen molar-refractivity contribution in [3.05, 3.63) is 36.0 Å². The third-order valence-corrected chi connectivity index (χ3v) is 3.68. The Kier molecular flexibility index (Phi) is 3.18. The summed E-state index contributed by atoms with van der Waals surface area (Å²) >= 11 is 0. The minimum Gasteiger partial charge on any atom is -0.465 e. The lowest BCUT2D eigenvalue weighted by Gasteiger charge is -2.16. The van der Waals surface area contributed by atoms with E-state index in [2.05, 4.69) is 16.4 Å². The molecule has 0 saturated carbocycles. The van der Waals surface area contributed by atoms with Gasteiger partial charge in [0.2, 0.25) is 0 Å². The van der Waals surface area contributed by atoms with Crippen molar-refractivity contribution in [2.24, 2.45) is 0 Å². The molecule has 1 fully saturated rings. The molecule has 1 aliphatic rings. The number of nitrogens with zero attached hydrogens (tertiary/aromatic N) is 2. The van der Waals surface area contributed by atoms with E-state index in [0.717, 1.165) is 28.6 Å². The number of fused-ring (bicyclic) bond motifs is 1. The van der Waals surface area contributed by atoms with Gasteiger partial charge in [-0.3, -0.25) is 4.98 Å². The maximum atomic E-state index is 10.9. The summed E-state index contributed by atoms with van der Waals surface area (Å²) < 4.78 is 0. The summed E-state index contributed by atoms with van der Waals surface area (Å²) in [7, 11) is 0. The molecule has 1 amide bonds. The SMILES string of the molecule is Cc1cnc2cccc(NC3CCN(C(=O)O)C3)c2c1. The van der Waals surface area contributed by atoms with E-state index in [1.54, 1.807) is 0 Å². The molecule has 5 heteroatoms. The molecule has 0 radical (unpaired) electrons. The Balaban J connectivity index is 1.85. The van der Waals surface area contributed by atoms with Gasteiger partial charge in [0.25, 0.3) is 0 Å². The molecule has 3 rings (SSSR count). The summed E-state index contributed by atoms with van der Waals surface area (Å²) in [5.74, 6) is 0. The zero-order valence-electron chi connectivity index (χ0n) is 11.3. The fraction of sp³-hybridized carbons (Fsp3) is 0.333. The molecule has 1 atom stereocenters. The maximum absolute atomic E-state index is 10.9. The van der Waals surface area contributed by atoms with E-state index in [1.807, 2.05) is 31.3 Å². The molecule has 2 heterocycles. The summed E-state index contributed by atoms with van der Waals surface area (Å²) in [6.07, 6.45) is 1.85. The average molecular weight is 271 g/mol. The number of pyridine rings is 1. The molecule has 20 heavy (non-hydrogen) atoms. The van der Waals surface area contributed by atoms with Crippen molar-refractivity contribution in [2.75, 3.05) is 18.4 Å². The Morgan fingerprint density at radius 3 is 3.10 bits per heavy atom. The van der Waals surface area contributed by atoms with Crippen LogP contribution in [0.4, 0.5) is 10.5 Å². The number of benzene rings is 1. The molecule has 2 aromatic rings. The second kappa shape index (κ2) is 5.00. The van der Waals surface area contributed by atoms with Crippen molar-refractivity contribution in [1.82, 2.24) is 9.88 Å². The van der Waals surface area contributed by atoms with Crippen LogP contribution in [0.15, 0.2) is 30.5 Å². The molecule has 1 aromatic carbocycles. The lowest BCUT2D eigenvalue weighted by atomic mass is 10.1. The van der Waals surface area contributed by atoms with Gasteiger partial charge >= 0.3 is 6.09 Å². The number of anilines is 1. The van der Waals surface area contributed by atoms with Crippen LogP contribution in [0.2, 0.25) is 0 Å². The molecule has 104 valence electrons. The first-order chi connectivity index (χ1) is 9.63. The highest BCUT2D eigenvalue weighted by Gasteiger charge is 2.25. The minimum atomic E-state index is -0.843. The van der Waals surface area contributed by atoms with E-state index in [4.69, 9.17) is 5.11 Å². The number of amides is 1. The molecule has 1 aromatic heterocycles. The number of aromatic nitrogens is 1. The summed E-state index contributed by atoms with van der Waals surface area (Å²) in [4.78, 5) is 16.8. The predicted octanol–water partition coefficient (Wildman–Crippen LogP) is 2.71. The van der Waals surface area contributed by atoms with Crippen LogP contribution >= 0.6 is 0 Å². The van der Waals surface area contributed by atoms with Gasteiger partial charge in [0.1, 0.15) is 0 Å². The summed E-state index contributed by atoms with van der Waals surface area (Å²) in [5, 5.41) is 13.5. The Labute approximate surface area is 117 Å². The van der Waals surface area contributed by atoms with Crippen LogP contribution in [0.25, 0.3) is 10.9 Å². The number of hydrogen-bond acceptors (Lipinski definition) is 3. The summed E-state index contributed by atoms with van der Waals surface area (Å²) in [6.45, 7) is 3.14. The highest BCUT2D eigenvalue weighted by molar-refractivity contribution is 5.91. The van der Waals surface area contributed by atoms with Crippen molar-refractivity contribution in [3.63, 3.8) is 0 Å². The number of aryl methyl sites for hydroxylation is 1. The minimum absolute atomic E-state index is 0.164. The van der Waals surface area contributed by atoms with Crippen LogP contribution in [0, 0.1) is 6.92 Å². The monoisotopic (exact) mass is 271 g/mol. The van der Waals surface area contributed by atoms with Gasteiger partial charge in [-0.15, -0.1) is 0 Å². The zero-order chi connectivity index (χ0) is 14.1. The topological polar surface area (TPSA) is 65.5 Å². The van der Waals surface area contributed by atoms with E-state index in [9.17, 15) is 4.79 Å². The summed E-state index contributed by atoms with van der Waals surface area (Å²) in [6, 6.07) is 8.24. The fourth-order valence-electron chi connectivity index (χ4n) is 2.65. The van der Waals surface area contributed by atoms with Crippen molar-refractivity contribution in [3.8, 4) is 0 Å². The van der Waals surface area contributed by atoms with Crippen molar-refractivity contribution >= 4 is 22.7 Å². The standard InChI is InChI=1S/C15H17N3O2/c1-10-7-12-13(16-8-10)3-2-4-14(12)17-11-5-6-18(9-11)15(19)20/h2-4,7-8,11,17H,5-6,9H2,1H3,(H,19,20). The Hall–Kier alpha value is -2.30. The third kappa shape index (κ3) is 2.39. The number of hydrogen-bond donors (Lipinski definition) is 2. The number of nitrogens with one attached hydrogen (secondary N) is 1. The third-order valence-electron chi connectivity index (χ3n) is 3.68. The van der Waals surface area contributed by atoms with Crippen LogP contribution < -0.4 is 5.32 Å². The fourth-order valence-corrected chi connectivity index (χ4v) is 2.65. The number of carboxylic acid groups (broad SMARTS) is 1. The van der Waals surface area contributed by atoms with Crippen LogP contribution in [-0.2, 0) is 0 Å². The van der Waals surface area contributed by atoms with Gasteiger partial charge in [-0.05, 0) is 37.1 Å². The molecule has 2 N–H and O–H groups in total. The quantitative estimate of drug-likeness (QED) is 0.881. The molecule has 0 aliphatic carbocycles. The molecule has 5 nitrogen and oxygen atoms in total. The molecular formula is C15H17N3O2. The Morgan fingerprint density at radius 2 is 2.35 bits per heavy atom. The number of carbonyl (C=O) groups is 1. The van der Waals surface area contributed by atoms with Gasteiger partial charge in [0, 0.05) is 36.4 Å². The largest absolute Gasteiger partial charge is 0.465 e. The van der Waals surface area contributed by atoms with Crippen LogP contribution in [0.3, 0.4) is 0 Å². The first-order valence-corrected chi connectivity index (χ1v) is 6.73. The van der Waals surface area contributed by atoms with Crippen molar-refractivity contribution in [1.29, 1.82) is 0 Å². The first kappa shape index (κ1) is 12.7. The van der Waals surface area contributed by atoms with Gasteiger partial charge in [-0.1, -0.05) is 6.07 Å². The van der Waals surface area contributed by atoms with Crippen LogP contribution in [0.5, 0.6) is 0 Å². The zero-order valence-corrected chi connectivity index (χ0v) is 11.3. The maximum Gasteiger partial charge on any atom is 0.407 e. The highest BCUT2D eigenvalue weighted by atomic mass is 16.4. The van der Waals surface area contributed by atoms with Gasteiger partial charge in [0.15, 0.2) is 0 Å². The van der Waals surface area contributed by atoms with E-state index >= 15 is 0 Å². The normalized spacial score (nSPS) is 18.4. The average Bonchev–Trinajstić information content (AvgIpc) is 2.88. The molecule has 1 unspecified atom stereocenters. The van der Waals surface area contributed by atoms with E-state index in [0.29, 0.717) is 13.1 Å². The van der Waals surface area contributed by atoms with E-state index < -0.39 is 6.09 Å². The van der Waals surface area contributed by atoms with E-state index in [1.165, 1.54) is 4.90 Å². The molecule has 1 saturated heterocycles. The van der Waals surface area contributed by atoms with Gasteiger partial charge < -0.3 is 15.3 Å². The van der Waals surface area contributed by atoms with Crippen LogP contribution in [-0.4, -0.2) is 40.2 Å².